The Kier molecular flexibility index (Phi) is 11.2. The van der Waals surface area contributed by atoms with Gasteiger partial charge in [0.15, 0.2) is 6.29 Å². The minimum absolute atomic E-state index is 0.132. The number of nitrogens with one attached hydrogen (secondary N) is 1. The molecule has 50 heavy (non-hydrogen) atoms. The van der Waals surface area contributed by atoms with Crippen molar-refractivity contribution in [2.75, 3.05) is 44.3 Å². The molecular formula is C38H51Cl2N3O6S. The highest BCUT2D eigenvalue weighted by molar-refractivity contribution is 7.90. The Morgan fingerprint density at radius 1 is 0.880 bits per heavy atom. The lowest BCUT2D eigenvalue weighted by atomic mass is 9.65. The molecule has 0 radical (unpaired) electrons. The van der Waals surface area contributed by atoms with Crippen LogP contribution < -0.4 is 14.4 Å². The molecule has 4 aliphatic heterocycles. The zero-order valence-corrected chi connectivity index (χ0v) is 31.5. The van der Waals surface area contributed by atoms with E-state index in [4.69, 9.17) is 37.4 Å². The summed E-state index contributed by atoms with van der Waals surface area (Å²) < 4.78 is 48.9. The van der Waals surface area contributed by atoms with Crippen LogP contribution in [0.1, 0.15) is 80.3 Å². The van der Waals surface area contributed by atoms with Crippen LogP contribution >= 0.6 is 23.2 Å². The predicted octanol–water partition coefficient (Wildman–Crippen LogP) is 6.64. The van der Waals surface area contributed by atoms with Gasteiger partial charge in [-0.25, -0.2) is 13.1 Å². The van der Waals surface area contributed by atoms with E-state index >= 15 is 0 Å². The fraction of sp³-hybridized carbons (Fsp3) is 0.658. The van der Waals surface area contributed by atoms with Gasteiger partial charge < -0.3 is 19.1 Å². The zero-order chi connectivity index (χ0) is 35.0. The van der Waals surface area contributed by atoms with E-state index in [-0.39, 0.29) is 29.5 Å². The fourth-order valence-electron chi connectivity index (χ4n) is 8.52. The number of amides is 1. The number of nitrogens with zero attached hydrogens (tertiary/aromatic N) is 2. The van der Waals surface area contributed by atoms with Gasteiger partial charge in [-0.15, -0.1) is 11.6 Å². The average Bonchev–Trinajstić information content (AvgIpc) is 3.10. The van der Waals surface area contributed by atoms with Crippen molar-refractivity contribution in [3.8, 4) is 5.75 Å². The molecule has 3 fully saturated rings. The topological polar surface area (TPSA) is 97.4 Å². The van der Waals surface area contributed by atoms with Crippen molar-refractivity contribution in [2.45, 2.75) is 94.8 Å². The molecule has 1 N–H and O–H groups in total. The highest BCUT2D eigenvalue weighted by Crippen LogP contribution is 2.46. The van der Waals surface area contributed by atoms with Crippen LogP contribution in [0.2, 0.25) is 5.02 Å². The van der Waals surface area contributed by atoms with Crippen molar-refractivity contribution in [3.05, 3.63) is 58.1 Å². The third kappa shape index (κ3) is 7.96. The van der Waals surface area contributed by atoms with E-state index in [1.165, 1.54) is 5.56 Å². The molecule has 12 heteroatoms. The van der Waals surface area contributed by atoms with Crippen molar-refractivity contribution in [1.29, 1.82) is 0 Å². The number of fused-ring (bicyclic) bond motifs is 3. The second-order valence-corrected chi connectivity index (χ2v) is 18.4. The molecule has 0 aromatic heterocycles. The van der Waals surface area contributed by atoms with Crippen molar-refractivity contribution < 1.29 is 27.4 Å². The maximum Gasteiger partial charge on any atom is 0.264 e. The van der Waals surface area contributed by atoms with Crippen LogP contribution in [0.5, 0.6) is 5.75 Å². The molecular weight excluding hydrogens is 697 g/mol. The maximum absolute atomic E-state index is 13.5. The summed E-state index contributed by atoms with van der Waals surface area (Å²) in [4.78, 5) is 18.3. The van der Waals surface area contributed by atoms with Gasteiger partial charge in [0.1, 0.15) is 12.4 Å². The Morgan fingerprint density at radius 2 is 1.68 bits per heavy atom. The molecule has 2 saturated heterocycles. The summed E-state index contributed by atoms with van der Waals surface area (Å²) in [6.07, 6.45) is 7.28. The summed E-state index contributed by atoms with van der Waals surface area (Å²) in [5.74, 6) is 0.986. The number of sulfonamides is 1. The standard InChI is InChI=1S/C38H51Cl2N3O6S/c1-24-6-5-8-34(38-48-22-32(23-49-38)43-19-31(40)20-43)33-13-10-28(33)18-42-15-4-3-7-26-16-30(39)12-9-29(26)21-47-36-14-11-27(17-35(36)42)37(44)41-50(45,46)25(24)2/h9,11-12,14,16-17,24-25,28,31-34,38H,3-8,10,13,15,18-23H2,1-2H3,(H,41,44)/t24-,25+,28-,32-,33+,34+,38-/m0/s1. The number of carbonyl (C=O) groups is 1. The number of hydrogen-bond donors (Lipinski definition) is 1. The molecule has 274 valence electrons. The molecule has 0 unspecified atom stereocenters. The van der Waals surface area contributed by atoms with E-state index in [2.05, 4.69) is 14.5 Å². The first-order valence-corrected chi connectivity index (χ1v) is 20.9. The van der Waals surface area contributed by atoms with Crippen LogP contribution in [-0.4, -0.2) is 81.6 Å². The number of ether oxygens (including phenoxy) is 3. The van der Waals surface area contributed by atoms with E-state index in [1.807, 2.05) is 37.3 Å². The first-order valence-electron chi connectivity index (χ1n) is 18.5. The number of benzene rings is 2. The van der Waals surface area contributed by atoms with Gasteiger partial charge in [-0.05, 0) is 111 Å². The number of halogens is 2. The van der Waals surface area contributed by atoms with Gasteiger partial charge in [0.2, 0.25) is 10.0 Å². The van der Waals surface area contributed by atoms with Crippen LogP contribution in [0.4, 0.5) is 5.69 Å². The number of likely N-dealkylation sites (tertiary alicyclic amines) is 1. The van der Waals surface area contributed by atoms with Crippen LogP contribution in [0.3, 0.4) is 0 Å². The molecule has 2 aromatic rings. The van der Waals surface area contributed by atoms with Crippen molar-refractivity contribution in [3.63, 3.8) is 0 Å². The third-order valence-corrected chi connectivity index (χ3v) is 14.5. The lowest BCUT2D eigenvalue weighted by Gasteiger charge is -2.49. The van der Waals surface area contributed by atoms with Gasteiger partial charge in [-0.1, -0.05) is 31.0 Å². The summed E-state index contributed by atoms with van der Waals surface area (Å²) in [5, 5.41) is 0.198. The molecule has 2 aromatic carbocycles. The lowest BCUT2D eigenvalue weighted by molar-refractivity contribution is -0.246. The van der Waals surface area contributed by atoms with E-state index in [1.54, 1.807) is 13.0 Å². The van der Waals surface area contributed by atoms with Crippen LogP contribution in [-0.2, 0) is 32.5 Å². The minimum atomic E-state index is -3.91. The number of aryl methyl sites for hydroxylation is 1. The van der Waals surface area contributed by atoms with Crippen LogP contribution in [0.25, 0.3) is 0 Å². The average molecular weight is 749 g/mol. The minimum Gasteiger partial charge on any atom is -0.487 e. The Morgan fingerprint density at radius 3 is 2.42 bits per heavy atom. The highest BCUT2D eigenvalue weighted by Gasteiger charge is 2.45. The number of hydrogen-bond acceptors (Lipinski definition) is 8. The number of alkyl halides is 1. The summed E-state index contributed by atoms with van der Waals surface area (Å²) in [7, 11) is -3.91. The smallest absolute Gasteiger partial charge is 0.264 e. The molecule has 1 amide bonds. The van der Waals surface area contributed by atoms with E-state index in [0.717, 1.165) is 93.8 Å². The van der Waals surface area contributed by atoms with Gasteiger partial charge in [0.05, 0.1) is 35.6 Å². The molecule has 0 spiro atoms. The fourth-order valence-corrected chi connectivity index (χ4v) is 10.4. The Balaban J connectivity index is 1.19. The molecule has 4 heterocycles. The maximum atomic E-state index is 13.5. The van der Waals surface area contributed by atoms with E-state index < -0.39 is 21.2 Å². The summed E-state index contributed by atoms with van der Waals surface area (Å²) in [6, 6.07) is 11.5. The van der Waals surface area contributed by atoms with Gasteiger partial charge >= 0.3 is 0 Å². The van der Waals surface area contributed by atoms with Gasteiger partial charge in [0, 0.05) is 42.7 Å². The number of carbonyl (C=O) groups excluding carboxylic acids is 1. The predicted molar refractivity (Wildman–Crippen MR) is 197 cm³/mol. The van der Waals surface area contributed by atoms with Crippen LogP contribution in [0, 0.1) is 23.7 Å². The molecule has 2 bridgehead atoms. The molecule has 1 aliphatic carbocycles. The van der Waals surface area contributed by atoms with E-state index in [9.17, 15) is 13.2 Å². The third-order valence-electron chi connectivity index (χ3n) is 12.1. The Hall–Kier alpha value is -2.08. The van der Waals surface area contributed by atoms with Gasteiger partial charge in [-0.3, -0.25) is 9.69 Å². The molecule has 7 rings (SSSR count). The monoisotopic (exact) mass is 747 g/mol. The van der Waals surface area contributed by atoms with Gasteiger partial charge in [-0.2, -0.15) is 0 Å². The number of anilines is 1. The molecule has 9 nitrogen and oxygen atoms in total. The molecule has 5 atom stereocenters. The lowest BCUT2D eigenvalue weighted by Crippen LogP contribution is -2.59. The largest absolute Gasteiger partial charge is 0.487 e. The first-order chi connectivity index (χ1) is 24.1. The Bertz CT molecular complexity index is 1630. The number of rotatable bonds is 2. The highest BCUT2D eigenvalue weighted by atomic mass is 35.5. The quantitative estimate of drug-likeness (QED) is 0.342. The van der Waals surface area contributed by atoms with Crippen LogP contribution in [0.15, 0.2) is 36.4 Å². The molecule has 5 aliphatic rings. The Labute approximate surface area is 307 Å². The first kappa shape index (κ1) is 36.3. The van der Waals surface area contributed by atoms with Crippen molar-refractivity contribution >= 4 is 44.8 Å². The van der Waals surface area contributed by atoms with Crippen molar-refractivity contribution in [2.24, 2.45) is 23.7 Å². The normalized spacial score (nSPS) is 32.9. The second-order valence-electron chi connectivity index (χ2n) is 15.3. The van der Waals surface area contributed by atoms with Crippen molar-refractivity contribution in [1.82, 2.24) is 9.62 Å². The molecule has 1 saturated carbocycles. The van der Waals surface area contributed by atoms with E-state index in [0.29, 0.717) is 43.0 Å². The SMILES string of the molecule is C[C@@H]1[C@@H](C)CCC[C@@H]([C@H]2OC[C@H](N3CC(Cl)C3)CO2)[C@@H]2CC[C@H]2CN2CCCCc3cc(Cl)ccc3COc3ccc(cc32)C(=O)NS1(=O)=O. The zero-order valence-electron chi connectivity index (χ0n) is 29.2. The second kappa shape index (κ2) is 15.5. The summed E-state index contributed by atoms with van der Waals surface area (Å²) >= 11 is 12.6. The van der Waals surface area contributed by atoms with Gasteiger partial charge in [0.25, 0.3) is 5.91 Å². The summed E-state index contributed by atoms with van der Waals surface area (Å²) in [6.45, 7) is 8.67. The summed E-state index contributed by atoms with van der Waals surface area (Å²) in [5.41, 5.74) is 3.41.